The highest BCUT2D eigenvalue weighted by Crippen LogP contribution is 2.29. The van der Waals surface area contributed by atoms with E-state index < -0.39 is 0 Å². The van der Waals surface area contributed by atoms with Crippen LogP contribution in [0, 0.1) is 19.7 Å². The van der Waals surface area contributed by atoms with Crippen molar-refractivity contribution in [2.45, 2.75) is 13.8 Å². The number of benzene rings is 2. The number of carbonyl (C=O) groups excluding carboxylic acids is 2. The molecule has 0 saturated carbocycles. The first-order chi connectivity index (χ1) is 13.9. The molecule has 1 aliphatic rings. The smallest absolute Gasteiger partial charge is 0.262 e. The van der Waals surface area contributed by atoms with E-state index in [0.717, 1.165) is 22.6 Å². The number of carbonyl (C=O) groups is 2. The minimum absolute atomic E-state index is 0.0310. The molecule has 1 N–H and O–H groups in total. The summed E-state index contributed by atoms with van der Waals surface area (Å²) < 4.78 is 20.2. The van der Waals surface area contributed by atoms with E-state index in [1.165, 1.54) is 18.2 Å². The highest BCUT2D eigenvalue weighted by atomic mass is 19.1. The average Bonchev–Trinajstić information content (AvgIpc) is 2.99. The van der Waals surface area contributed by atoms with Gasteiger partial charge in [-0.15, -0.1) is 0 Å². The summed E-state index contributed by atoms with van der Waals surface area (Å²) in [5.41, 5.74) is 4.07. The number of nitrogens with one attached hydrogen (secondary N) is 1. The molecule has 0 aliphatic carbocycles. The zero-order valence-electron chi connectivity index (χ0n) is 15.9. The largest absolute Gasteiger partial charge is 0.482 e. The number of aromatic nitrogens is 2. The number of allylic oxidation sites excluding steroid dienone is 1. The van der Waals surface area contributed by atoms with Crippen molar-refractivity contribution in [3.05, 3.63) is 76.9 Å². The zero-order chi connectivity index (χ0) is 20.5. The highest BCUT2D eigenvalue weighted by molar-refractivity contribution is 6.08. The van der Waals surface area contributed by atoms with Gasteiger partial charge in [-0.2, -0.15) is 5.10 Å². The fourth-order valence-corrected chi connectivity index (χ4v) is 3.22. The first-order valence-electron chi connectivity index (χ1n) is 9.03. The van der Waals surface area contributed by atoms with Crippen molar-refractivity contribution in [3.63, 3.8) is 0 Å². The molecule has 146 valence electrons. The molecule has 0 radical (unpaired) electrons. The average molecular weight is 391 g/mol. The van der Waals surface area contributed by atoms with Gasteiger partial charge in [-0.05, 0) is 68.5 Å². The van der Waals surface area contributed by atoms with Gasteiger partial charge in [0.05, 0.1) is 17.1 Å². The predicted octanol–water partition coefficient (Wildman–Crippen LogP) is 3.86. The van der Waals surface area contributed by atoms with Crippen LogP contribution in [0.4, 0.5) is 10.1 Å². The third-order valence-corrected chi connectivity index (χ3v) is 4.72. The fraction of sp³-hybridized carbons (Fsp3) is 0.136. The molecule has 0 saturated heterocycles. The molecule has 4 rings (SSSR count). The Kier molecular flexibility index (Phi) is 4.72. The highest BCUT2D eigenvalue weighted by Gasteiger charge is 2.17. The summed E-state index contributed by atoms with van der Waals surface area (Å²) >= 11 is 0. The summed E-state index contributed by atoms with van der Waals surface area (Å²) in [6.07, 6.45) is 3.19. The molecule has 1 aromatic heterocycles. The predicted molar refractivity (Wildman–Crippen MR) is 107 cm³/mol. The lowest BCUT2D eigenvalue weighted by atomic mass is 10.1. The summed E-state index contributed by atoms with van der Waals surface area (Å²) in [6.45, 7) is 3.71. The van der Waals surface area contributed by atoms with E-state index >= 15 is 0 Å². The van der Waals surface area contributed by atoms with Gasteiger partial charge in [-0.25, -0.2) is 9.07 Å². The first kappa shape index (κ1) is 18.6. The standard InChI is InChI=1S/C22H18FN3O3/c1-13-18(14(2)26(25-13)17-6-4-16(23)5-7-17)8-9-20(27)15-3-10-21-19(11-15)24-22(28)12-29-21/h3-11H,12H2,1-2H3,(H,24,28)/b9-8+. The van der Waals surface area contributed by atoms with Gasteiger partial charge in [0.2, 0.25) is 0 Å². The van der Waals surface area contributed by atoms with Gasteiger partial charge >= 0.3 is 0 Å². The number of nitrogens with zero attached hydrogens (tertiary/aromatic N) is 2. The summed E-state index contributed by atoms with van der Waals surface area (Å²) in [7, 11) is 0. The molecule has 7 heteroatoms. The Labute approximate surface area is 166 Å². The minimum Gasteiger partial charge on any atom is -0.482 e. The number of anilines is 1. The molecule has 2 aromatic carbocycles. The third kappa shape index (κ3) is 3.67. The molecule has 0 fully saturated rings. The van der Waals surface area contributed by atoms with Gasteiger partial charge < -0.3 is 10.1 Å². The maximum Gasteiger partial charge on any atom is 0.262 e. The van der Waals surface area contributed by atoms with Crippen molar-refractivity contribution >= 4 is 23.5 Å². The lowest BCUT2D eigenvalue weighted by molar-refractivity contribution is -0.118. The molecule has 1 amide bonds. The Balaban J connectivity index is 1.59. The van der Waals surface area contributed by atoms with E-state index in [1.54, 1.807) is 41.1 Å². The summed E-state index contributed by atoms with van der Waals surface area (Å²) in [6, 6.07) is 11.0. The fourth-order valence-electron chi connectivity index (χ4n) is 3.22. The third-order valence-electron chi connectivity index (χ3n) is 4.72. The molecular formula is C22H18FN3O3. The second-order valence-electron chi connectivity index (χ2n) is 6.72. The molecule has 2 heterocycles. The summed E-state index contributed by atoms with van der Waals surface area (Å²) in [5.74, 6) is -0.233. The van der Waals surface area contributed by atoms with Crippen molar-refractivity contribution in [3.8, 4) is 11.4 Å². The van der Waals surface area contributed by atoms with Gasteiger partial charge in [-0.1, -0.05) is 0 Å². The SMILES string of the molecule is Cc1nn(-c2ccc(F)cc2)c(C)c1/C=C/C(=O)c1ccc2c(c1)NC(=O)CO2. The van der Waals surface area contributed by atoms with Crippen molar-refractivity contribution in [2.75, 3.05) is 11.9 Å². The number of rotatable bonds is 4. The van der Waals surface area contributed by atoms with E-state index in [9.17, 15) is 14.0 Å². The van der Waals surface area contributed by atoms with Crippen LogP contribution in [0.5, 0.6) is 5.75 Å². The van der Waals surface area contributed by atoms with Crippen molar-refractivity contribution < 1.29 is 18.7 Å². The molecule has 6 nitrogen and oxygen atoms in total. The second kappa shape index (κ2) is 7.35. The van der Waals surface area contributed by atoms with Gasteiger partial charge in [-0.3, -0.25) is 9.59 Å². The minimum atomic E-state index is -0.312. The van der Waals surface area contributed by atoms with Crippen LogP contribution in [0.25, 0.3) is 11.8 Å². The molecule has 0 atom stereocenters. The molecule has 0 bridgehead atoms. The Bertz CT molecular complexity index is 1150. The van der Waals surface area contributed by atoms with Crippen LogP contribution < -0.4 is 10.1 Å². The summed E-state index contributed by atoms with van der Waals surface area (Å²) in [5, 5.41) is 7.19. The number of halogens is 1. The second-order valence-corrected chi connectivity index (χ2v) is 6.72. The van der Waals surface area contributed by atoms with Crippen LogP contribution in [0.1, 0.15) is 27.3 Å². The Morgan fingerprint density at radius 1 is 1.21 bits per heavy atom. The number of hydrogen-bond donors (Lipinski definition) is 1. The van der Waals surface area contributed by atoms with Crippen LogP contribution in [0.3, 0.4) is 0 Å². The van der Waals surface area contributed by atoms with Crippen LogP contribution >= 0.6 is 0 Å². The Morgan fingerprint density at radius 2 is 1.97 bits per heavy atom. The van der Waals surface area contributed by atoms with E-state index in [4.69, 9.17) is 4.74 Å². The van der Waals surface area contributed by atoms with Crippen molar-refractivity contribution in [1.82, 2.24) is 9.78 Å². The zero-order valence-corrected chi connectivity index (χ0v) is 15.9. The molecular weight excluding hydrogens is 373 g/mol. The molecule has 1 aliphatic heterocycles. The molecule has 0 spiro atoms. The van der Waals surface area contributed by atoms with Gasteiger partial charge in [0.15, 0.2) is 12.4 Å². The normalized spacial score (nSPS) is 13.1. The topological polar surface area (TPSA) is 73.2 Å². The maximum absolute atomic E-state index is 13.2. The summed E-state index contributed by atoms with van der Waals surface area (Å²) in [4.78, 5) is 24.1. The number of ether oxygens (including phenoxy) is 1. The number of hydrogen-bond acceptors (Lipinski definition) is 4. The lowest BCUT2D eigenvalue weighted by Crippen LogP contribution is -2.25. The number of amides is 1. The van der Waals surface area contributed by atoms with E-state index in [1.807, 2.05) is 13.8 Å². The quantitative estimate of drug-likeness (QED) is 0.542. The van der Waals surface area contributed by atoms with Crippen LogP contribution in [0.15, 0.2) is 48.5 Å². The number of fused-ring (bicyclic) bond motifs is 1. The molecule has 3 aromatic rings. The Hall–Kier alpha value is -3.74. The van der Waals surface area contributed by atoms with Crippen molar-refractivity contribution in [2.24, 2.45) is 0 Å². The molecule has 0 unspecified atom stereocenters. The van der Waals surface area contributed by atoms with Crippen LogP contribution in [-0.4, -0.2) is 28.1 Å². The lowest BCUT2D eigenvalue weighted by Gasteiger charge is -2.17. The van der Waals surface area contributed by atoms with Crippen molar-refractivity contribution in [1.29, 1.82) is 0 Å². The van der Waals surface area contributed by atoms with Gasteiger partial charge in [0, 0.05) is 16.8 Å². The Morgan fingerprint density at radius 3 is 2.72 bits per heavy atom. The molecule has 29 heavy (non-hydrogen) atoms. The first-order valence-corrected chi connectivity index (χ1v) is 9.03. The van der Waals surface area contributed by atoms with E-state index in [0.29, 0.717) is 17.0 Å². The number of ketones is 1. The van der Waals surface area contributed by atoms with Crippen LogP contribution in [-0.2, 0) is 4.79 Å². The van der Waals surface area contributed by atoms with Gasteiger partial charge in [0.1, 0.15) is 11.6 Å². The maximum atomic E-state index is 13.2. The van der Waals surface area contributed by atoms with Crippen LogP contribution in [0.2, 0.25) is 0 Å². The van der Waals surface area contributed by atoms with Gasteiger partial charge in [0.25, 0.3) is 5.91 Å². The van der Waals surface area contributed by atoms with E-state index in [2.05, 4.69) is 10.4 Å². The van der Waals surface area contributed by atoms with E-state index in [-0.39, 0.29) is 24.1 Å². The monoisotopic (exact) mass is 391 g/mol. The number of aryl methyl sites for hydroxylation is 1.